The third-order valence-corrected chi connectivity index (χ3v) is 7.04. The second kappa shape index (κ2) is 11.4. The lowest BCUT2D eigenvalue weighted by atomic mass is 9.95. The molecule has 0 aliphatic carbocycles. The first kappa shape index (κ1) is 26.6. The fraction of sp³-hybridized carbons (Fsp3) is 0.290. The van der Waals surface area contributed by atoms with E-state index in [0.29, 0.717) is 64.7 Å². The zero-order valence-electron chi connectivity index (χ0n) is 22.3. The summed E-state index contributed by atoms with van der Waals surface area (Å²) in [7, 11) is 0. The molecule has 8 heteroatoms. The topological polar surface area (TPSA) is 87.7 Å². The Balaban J connectivity index is 1.62. The number of hydrogen-bond acceptors (Lipinski definition) is 5. The number of carbonyl (C=O) groups is 1. The van der Waals surface area contributed by atoms with Gasteiger partial charge < -0.3 is 19.5 Å². The summed E-state index contributed by atoms with van der Waals surface area (Å²) in [6, 6.07) is 20.0. The van der Waals surface area contributed by atoms with Crippen LogP contribution in [0.25, 0.3) is 11.3 Å². The van der Waals surface area contributed by atoms with Crippen LogP contribution in [-0.4, -0.2) is 39.3 Å². The number of H-pyrrole nitrogens is 1. The van der Waals surface area contributed by atoms with E-state index in [9.17, 15) is 9.90 Å². The highest BCUT2D eigenvalue weighted by molar-refractivity contribution is 6.31. The summed E-state index contributed by atoms with van der Waals surface area (Å²) in [6.45, 7) is 7.70. The van der Waals surface area contributed by atoms with Gasteiger partial charge in [-0.1, -0.05) is 61.8 Å². The lowest BCUT2D eigenvalue weighted by Gasteiger charge is -2.27. The maximum atomic E-state index is 13.8. The minimum atomic E-state index is -0.483. The molecule has 0 saturated heterocycles. The number of hydrogen-bond donors (Lipinski definition) is 2. The Morgan fingerprint density at radius 3 is 2.59 bits per heavy atom. The number of aromatic amines is 1. The van der Waals surface area contributed by atoms with E-state index in [0.717, 1.165) is 17.5 Å². The average molecular weight is 546 g/mol. The fourth-order valence-corrected chi connectivity index (χ4v) is 5.05. The number of aromatic hydroxyl groups is 1. The number of aromatic nitrogens is 2. The van der Waals surface area contributed by atoms with Crippen LogP contribution in [0, 0.1) is 5.92 Å². The Bertz CT molecular complexity index is 1470. The van der Waals surface area contributed by atoms with E-state index in [-0.39, 0.29) is 11.7 Å². The van der Waals surface area contributed by atoms with E-state index in [1.165, 1.54) is 6.07 Å². The van der Waals surface area contributed by atoms with Gasteiger partial charge in [0.15, 0.2) is 11.5 Å². The predicted molar refractivity (Wildman–Crippen MR) is 151 cm³/mol. The van der Waals surface area contributed by atoms with Gasteiger partial charge in [0, 0.05) is 22.7 Å². The molecule has 0 saturated carbocycles. The van der Waals surface area contributed by atoms with Crippen molar-refractivity contribution in [1.29, 1.82) is 0 Å². The van der Waals surface area contributed by atoms with Crippen molar-refractivity contribution in [1.82, 2.24) is 15.1 Å². The highest BCUT2D eigenvalue weighted by Gasteiger charge is 2.42. The van der Waals surface area contributed by atoms with Gasteiger partial charge in [-0.25, -0.2) is 0 Å². The molecular weight excluding hydrogens is 514 g/mol. The van der Waals surface area contributed by atoms with Gasteiger partial charge in [-0.2, -0.15) is 5.10 Å². The summed E-state index contributed by atoms with van der Waals surface area (Å²) in [5.74, 6) is 1.67. The van der Waals surface area contributed by atoms with Crippen LogP contribution < -0.4 is 9.47 Å². The molecule has 202 valence electrons. The van der Waals surface area contributed by atoms with Crippen molar-refractivity contribution in [3.05, 3.63) is 94.1 Å². The number of halogens is 1. The predicted octanol–water partition coefficient (Wildman–Crippen LogP) is 7.00. The molecule has 2 N–H and O–H groups in total. The maximum absolute atomic E-state index is 13.8. The van der Waals surface area contributed by atoms with Crippen molar-refractivity contribution in [2.75, 3.05) is 13.2 Å². The summed E-state index contributed by atoms with van der Waals surface area (Å²) >= 11 is 6.28. The van der Waals surface area contributed by atoms with Gasteiger partial charge in [-0.15, -0.1) is 0 Å². The Morgan fingerprint density at radius 2 is 1.85 bits per heavy atom. The number of rotatable bonds is 10. The Morgan fingerprint density at radius 1 is 1.05 bits per heavy atom. The van der Waals surface area contributed by atoms with Crippen molar-refractivity contribution >= 4 is 17.5 Å². The highest BCUT2D eigenvalue weighted by Crippen LogP contribution is 2.46. The highest BCUT2D eigenvalue weighted by atomic mass is 35.5. The van der Waals surface area contributed by atoms with Crippen LogP contribution in [0.4, 0.5) is 0 Å². The van der Waals surface area contributed by atoms with Gasteiger partial charge >= 0.3 is 0 Å². The Kier molecular flexibility index (Phi) is 7.79. The molecule has 1 unspecified atom stereocenters. The van der Waals surface area contributed by atoms with Crippen LogP contribution in [0.3, 0.4) is 0 Å². The normalized spacial score (nSPS) is 14.6. The van der Waals surface area contributed by atoms with E-state index in [4.69, 9.17) is 21.1 Å². The second-order valence-electron chi connectivity index (χ2n) is 10.0. The van der Waals surface area contributed by atoms with Crippen LogP contribution in [0.2, 0.25) is 5.02 Å². The van der Waals surface area contributed by atoms with Crippen molar-refractivity contribution in [3.63, 3.8) is 0 Å². The van der Waals surface area contributed by atoms with Crippen LogP contribution in [0.5, 0.6) is 17.2 Å². The van der Waals surface area contributed by atoms with Crippen LogP contribution in [0.1, 0.15) is 60.4 Å². The van der Waals surface area contributed by atoms with E-state index in [1.54, 1.807) is 12.1 Å². The minimum absolute atomic E-state index is 0.0327. The van der Waals surface area contributed by atoms with Crippen LogP contribution in [0.15, 0.2) is 66.7 Å². The monoisotopic (exact) mass is 545 g/mol. The first-order valence-electron chi connectivity index (χ1n) is 13.2. The summed E-state index contributed by atoms with van der Waals surface area (Å²) < 4.78 is 12.1. The van der Waals surface area contributed by atoms with Crippen molar-refractivity contribution in [3.8, 4) is 28.5 Å². The molecule has 7 nitrogen and oxygen atoms in total. The Hall–Kier alpha value is -3.97. The number of ether oxygens (including phenoxy) is 2. The standard InChI is InChI=1S/C31H32ClN3O4/c1-4-38-26-16-21(10-13-25(26)39-15-14-19(2)3)30-27-28(23-17-22(32)11-12-24(23)36)33-34-29(27)31(37)35(30)18-20-8-6-5-7-9-20/h5-13,16-17,19,30,36H,4,14-15,18H2,1-3H3,(H,33,34). The first-order chi connectivity index (χ1) is 18.9. The molecule has 1 aliphatic heterocycles. The minimum Gasteiger partial charge on any atom is -0.507 e. The number of phenolic OH excluding ortho intramolecular Hbond substituents is 1. The van der Waals surface area contributed by atoms with Crippen LogP contribution in [-0.2, 0) is 6.54 Å². The number of nitrogens with one attached hydrogen (secondary N) is 1. The lowest BCUT2D eigenvalue weighted by molar-refractivity contribution is 0.0729. The van der Waals surface area contributed by atoms with Crippen LogP contribution >= 0.6 is 11.6 Å². The van der Waals surface area contributed by atoms with Gasteiger partial charge in [0.25, 0.3) is 5.91 Å². The molecule has 3 aromatic carbocycles. The smallest absolute Gasteiger partial charge is 0.273 e. The van der Waals surface area contributed by atoms with Crippen molar-refractivity contribution < 1.29 is 19.4 Å². The number of amides is 1. The summed E-state index contributed by atoms with van der Waals surface area (Å²) in [5, 5.41) is 18.5. The van der Waals surface area contributed by atoms with Crippen molar-refractivity contribution in [2.24, 2.45) is 5.92 Å². The second-order valence-corrected chi connectivity index (χ2v) is 10.5. The first-order valence-corrected chi connectivity index (χ1v) is 13.6. The average Bonchev–Trinajstić information content (AvgIpc) is 3.46. The third-order valence-electron chi connectivity index (χ3n) is 6.81. The summed E-state index contributed by atoms with van der Waals surface area (Å²) in [4.78, 5) is 15.6. The maximum Gasteiger partial charge on any atom is 0.273 e. The molecule has 1 aliphatic rings. The van der Waals surface area contributed by atoms with Gasteiger partial charge in [0.1, 0.15) is 17.1 Å². The number of phenols is 1. The molecular formula is C31H32ClN3O4. The number of carbonyl (C=O) groups excluding carboxylic acids is 1. The molecule has 1 aromatic heterocycles. The molecule has 1 amide bonds. The van der Waals surface area contributed by atoms with Gasteiger partial charge in [-0.3, -0.25) is 9.89 Å². The number of benzene rings is 3. The zero-order valence-corrected chi connectivity index (χ0v) is 23.0. The molecule has 5 rings (SSSR count). The molecule has 0 bridgehead atoms. The van der Waals surface area contributed by atoms with E-state index < -0.39 is 6.04 Å². The van der Waals surface area contributed by atoms with E-state index in [1.807, 2.05) is 60.4 Å². The SMILES string of the molecule is CCOc1cc(C2c3c(-c4cc(Cl)ccc4O)n[nH]c3C(=O)N2Cc2ccccc2)ccc1OCCC(C)C. The Labute approximate surface area is 233 Å². The van der Waals surface area contributed by atoms with Crippen molar-refractivity contribution in [2.45, 2.75) is 39.8 Å². The molecule has 2 heterocycles. The molecule has 0 radical (unpaired) electrons. The van der Waals surface area contributed by atoms with E-state index in [2.05, 4.69) is 24.0 Å². The largest absolute Gasteiger partial charge is 0.507 e. The molecule has 0 spiro atoms. The van der Waals surface area contributed by atoms with Gasteiger partial charge in [0.2, 0.25) is 0 Å². The fourth-order valence-electron chi connectivity index (χ4n) is 4.88. The molecule has 0 fully saturated rings. The lowest BCUT2D eigenvalue weighted by Crippen LogP contribution is -2.29. The number of nitrogens with zero attached hydrogens (tertiary/aromatic N) is 2. The summed E-state index contributed by atoms with van der Waals surface area (Å²) in [5.41, 5.74) is 3.86. The molecule has 4 aromatic rings. The third kappa shape index (κ3) is 5.45. The number of fused-ring (bicyclic) bond motifs is 1. The summed E-state index contributed by atoms with van der Waals surface area (Å²) in [6.07, 6.45) is 0.931. The van der Waals surface area contributed by atoms with E-state index >= 15 is 0 Å². The quantitative estimate of drug-likeness (QED) is 0.224. The molecule has 1 atom stereocenters. The zero-order chi connectivity index (χ0) is 27.5. The molecule has 39 heavy (non-hydrogen) atoms. The van der Waals surface area contributed by atoms with Gasteiger partial charge in [-0.05, 0) is 60.7 Å². The van der Waals surface area contributed by atoms with Gasteiger partial charge in [0.05, 0.1) is 19.3 Å².